The SMILES string of the molecule is CN1CCC(NC(=O)c2cccc(C=O)c2)C1. The Balaban J connectivity index is 2.01. The number of carbonyl (C=O) groups is 2. The largest absolute Gasteiger partial charge is 0.348 e. The van der Waals surface area contributed by atoms with Gasteiger partial charge < -0.3 is 10.2 Å². The van der Waals surface area contributed by atoms with Crippen molar-refractivity contribution in [2.45, 2.75) is 12.5 Å². The van der Waals surface area contributed by atoms with Crippen LogP contribution in [0.1, 0.15) is 27.1 Å². The van der Waals surface area contributed by atoms with Crippen LogP contribution >= 0.6 is 0 Å². The first kappa shape index (κ1) is 11.8. The standard InChI is InChI=1S/C13H16N2O2/c1-15-6-5-12(8-15)14-13(17)11-4-2-3-10(7-11)9-16/h2-4,7,9,12H,5-6,8H2,1H3,(H,14,17). The van der Waals surface area contributed by atoms with Gasteiger partial charge in [-0.05, 0) is 32.1 Å². The smallest absolute Gasteiger partial charge is 0.251 e. The van der Waals surface area contributed by atoms with Crippen LogP contribution in [0.3, 0.4) is 0 Å². The summed E-state index contributed by atoms with van der Waals surface area (Å²) in [6, 6.07) is 6.96. The number of hydrogen-bond acceptors (Lipinski definition) is 3. The molecule has 4 nitrogen and oxygen atoms in total. The Morgan fingerprint density at radius 2 is 2.35 bits per heavy atom. The molecule has 1 heterocycles. The maximum absolute atomic E-state index is 11.9. The molecule has 0 aliphatic carbocycles. The van der Waals surface area contributed by atoms with Crippen molar-refractivity contribution < 1.29 is 9.59 Å². The normalized spacial score (nSPS) is 20.2. The molecule has 17 heavy (non-hydrogen) atoms. The molecule has 2 rings (SSSR count). The molecular formula is C13H16N2O2. The molecule has 0 aromatic heterocycles. The second-order valence-electron chi connectivity index (χ2n) is 4.46. The highest BCUT2D eigenvalue weighted by Gasteiger charge is 2.21. The second-order valence-corrected chi connectivity index (χ2v) is 4.46. The maximum atomic E-state index is 11.9. The highest BCUT2D eigenvalue weighted by atomic mass is 16.1. The zero-order valence-electron chi connectivity index (χ0n) is 9.85. The third-order valence-electron chi connectivity index (χ3n) is 3.01. The molecule has 1 atom stereocenters. The summed E-state index contributed by atoms with van der Waals surface area (Å²) in [4.78, 5) is 24.7. The van der Waals surface area contributed by atoms with Crippen LogP contribution in [0.5, 0.6) is 0 Å². The molecule has 1 aromatic rings. The number of nitrogens with zero attached hydrogens (tertiary/aromatic N) is 1. The fourth-order valence-corrected chi connectivity index (χ4v) is 2.07. The molecule has 0 radical (unpaired) electrons. The van der Waals surface area contributed by atoms with Crippen LogP contribution in [0.15, 0.2) is 24.3 Å². The van der Waals surface area contributed by atoms with E-state index in [0.29, 0.717) is 11.1 Å². The molecule has 1 aromatic carbocycles. The molecular weight excluding hydrogens is 216 g/mol. The minimum atomic E-state index is -0.103. The van der Waals surface area contributed by atoms with E-state index in [9.17, 15) is 9.59 Å². The summed E-state index contributed by atoms with van der Waals surface area (Å²) in [7, 11) is 2.04. The van der Waals surface area contributed by atoms with Gasteiger partial charge in [0.1, 0.15) is 6.29 Å². The average molecular weight is 232 g/mol. The summed E-state index contributed by atoms with van der Waals surface area (Å²) in [5.74, 6) is -0.103. The van der Waals surface area contributed by atoms with Crippen LogP contribution in [-0.2, 0) is 0 Å². The fourth-order valence-electron chi connectivity index (χ4n) is 2.07. The van der Waals surface area contributed by atoms with Crippen molar-refractivity contribution in [3.63, 3.8) is 0 Å². The van der Waals surface area contributed by atoms with Gasteiger partial charge in [-0.25, -0.2) is 0 Å². The van der Waals surface area contributed by atoms with Gasteiger partial charge in [0, 0.05) is 23.7 Å². The van der Waals surface area contributed by atoms with Gasteiger partial charge in [-0.3, -0.25) is 9.59 Å². The average Bonchev–Trinajstić information content (AvgIpc) is 2.75. The molecule has 1 fully saturated rings. The lowest BCUT2D eigenvalue weighted by molar-refractivity contribution is 0.0938. The van der Waals surface area contributed by atoms with Crippen LogP contribution < -0.4 is 5.32 Å². The number of carbonyl (C=O) groups excluding carboxylic acids is 2. The van der Waals surface area contributed by atoms with Gasteiger partial charge >= 0.3 is 0 Å². The van der Waals surface area contributed by atoms with Crippen molar-refractivity contribution in [3.05, 3.63) is 35.4 Å². The number of likely N-dealkylation sites (N-methyl/N-ethyl adjacent to an activating group) is 1. The first-order valence-corrected chi connectivity index (χ1v) is 5.73. The lowest BCUT2D eigenvalue weighted by Gasteiger charge is -2.12. The Hall–Kier alpha value is -1.68. The first-order chi connectivity index (χ1) is 8.19. The lowest BCUT2D eigenvalue weighted by Crippen LogP contribution is -2.36. The van der Waals surface area contributed by atoms with Gasteiger partial charge in [0.05, 0.1) is 0 Å². The Morgan fingerprint density at radius 3 is 3.00 bits per heavy atom. The summed E-state index contributed by atoms with van der Waals surface area (Å²) in [5.41, 5.74) is 1.07. The van der Waals surface area contributed by atoms with Gasteiger partial charge in [-0.2, -0.15) is 0 Å². The quantitative estimate of drug-likeness (QED) is 0.789. The number of rotatable bonds is 3. The molecule has 0 bridgehead atoms. The van der Waals surface area contributed by atoms with Crippen molar-refractivity contribution in [1.82, 2.24) is 10.2 Å². The summed E-state index contributed by atoms with van der Waals surface area (Å²) in [5, 5.41) is 2.98. The number of nitrogens with one attached hydrogen (secondary N) is 1. The maximum Gasteiger partial charge on any atom is 0.251 e. The summed E-state index contributed by atoms with van der Waals surface area (Å²) in [6.45, 7) is 1.90. The van der Waals surface area contributed by atoms with Gasteiger partial charge in [0.25, 0.3) is 5.91 Å². The molecule has 1 saturated heterocycles. The molecule has 0 spiro atoms. The zero-order chi connectivity index (χ0) is 12.3. The van der Waals surface area contributed by atoms with Gasteiger partial charge in [-0.1, -0.05) is 12.1 Å². The van der Waals surface area contributed by atoms with Crippen LogP contribution in [0, 0.1) is 0 Å². The molecule has 1 amide bonds. The monoisotopic (exact) mass is 232 g/mol. The van der Waals surface area contributed by atoms with Gasteiger partial charge in [-0.15, -0.1) is 0 Å². The lowest BCUT2D eigenvalue weighted by atomic mass is 10.1. The molecule has 1 aliphatic heterocycles. The van der Waals surface area contributed by atoms with Crippen LogP contribution in [0.4, 0.5) is 0 Å². The van der Waals surface area contributed by atoms with E-state index >= 15 is 0 Å². The zero-order valence-corrected chi connectivity index (χ0v) is 9.85. The Morgan fingerprint density at radius 1 is 1.53 bits per heavy atom. The molecule has 1 N–H and O–H groups in total. The summed E-state index contributed by atoms with van der Waals surface area (Å²) in [6.07, 6.45) is 1.73. The highest BCUT2D eigenvalue weighted by molar-refractivity contribution is 5.95. The van der Waals surface area contributed by atoms with E-state index in [1.807, 2.05) is 7.05 Å². The molecule has 1 unspecified atom stereocenters. The third kappa shape index (κ3) is 2.91. The van der Waals surface area contributed by atoms with Crippen molar-refractivity contribution in [1.29, 1.82) is 0 Å². The Kier molecular flexibility index (Phi) is 3.54. The van der Waals surface area contributed by atoms with Crippen LogP contribution in [-0.4, -0.2) is 43.3 Å². The molecule has 90 valence electrons. The van der Waals surface area contributed by atoms with E-state index in [1.165, 1.54) is 0 Å². The molecule has 1 aliphatic rings. The van der Waals surface area contributed by atoms with E-state index in [0.717, 1.165) is 25.8 Å². The van der Waals surface area contributed by atoms with Crippen molar-refractivity contribution >= 4 is 12.2 Å². The number of likely N-dealkylation sites (tertiary alicyclic amines) is 1. The van der Waals surface area contributed by atoms with Gasteiger partial charge in [0.15, 0.2) is 0 Å². The molecule has 0 saturated carbocycles. The van der Waals surface area contributed by atoms with E-state index in [-0.39, 0.29) is 11.9 Å². The first-order valence-electron chi connectivity index (χ1n) is 5.73. The molecule has 4 heteroatoms. The predicted molar refractivity (Wildman–Crippen MR) is 65.2 cm³/mol. The fraction of sp³-hybridized carbons (Fsp3) is 0.385. The van der Waals surface area contributed by atoms with E-state index in [2.05, 4.69) is 10.2 Å². The summed E-state index contributed by atoms with van der Waals surface area (Å²) >= 11 is 0. The van der Waals surface area contributed by atoms with E-state index in [1.54, 1.807) is 24.3 Å². The van der Waals surface area contributed by atoms with Crippen molar-refractivity contribution in [2.24, 2.45) is 0 Å². The van der Waals surface area contributed by atoms with Crippen LogP contribution in [0.25, 0.3) is 0 Å². The number of hydrogen-bond donors (Lipinski definition) is 1. The summed E-state index contributed by atoms with van der Waals surface area (Å²) < 4.78 is 0. The number of amides is 1. The van der Waals surface area contributed by atoms with Crippen molar-refractivity contribution in [3.8, 4) is 0 Å². The third-order valence-corrected chi connectivity index (χ3v) is 3.01. The number of benzene rings is 1. The highest BCUT2D eigenvalue weighted by Crippen LogP contribution is 2.08. The van der Waals surface area contributed by atoms with Crippen molar-refractivity contribution in [2.75, 3.05) is 20.1 Å². The van der Waals surface area contributed by atoms with E-state index < -0.39 is 0 Å². The minimum absolute atomic E-state index is 0.103. The Labute approximate surface area is 101 Å². The second kappa shape index (κ2) is 5.10. The Bertz CT molecular complexity index is 431. The van der Waals surface area contributed by atoms with Gasteiger partial charge in [0.2, 0.25) is 0 Å². The van der Waals surface area contributed by atoms with Crippen LogP contribution in [0.2, 0.25) is 0 Å². The predicted octanol–water partition coefficient (Wildman–Crippen LogP) is 0.933. The minimum Gasteiger partial charge on any atom is -0.348 e. The van der Waals surface area contributed by atoms with E-state index in [4.69, 9.17) is 0 Å². The number of aldehydes is 1. The topological polar surface area (TPSA) is 49.4 Å².